The van der Waals surface area contributed by atoms with Crippen LogP contribution in [-0.2, 0) is 14.8 Å². The zero-order chi connectivity index (χ0) is 17.0. The highest BCUT2D eigenvalue weighted by molar-refractivity contribution is 7.92. The fourth-order valence-electron chi connectivity index (χ4n) is 2.66. The summed E-state index contributed by atoms with van der Waals surface area (Å²) in [5.74, 6) is 0.799. The molecule has 0 saturated carbocycles. The van der Waals surface area contributed by atoms with Gasteiger partial charge in [0, 0.05) is 24.5 Å². The molecule has 1 aliphatic heterocycles. The van der Waals surface area contributed by atoms with Gasteiger partial charge in [0.05, 0.1) is 6.26 Å². The molecule has 0 spiro atoms. The van der Waals surface area contributed by atoms with Crippen LogP contribution in [0.15, 0.2) is 24.3 Å². The van der Waals surface area contributed by atoms with E-state index in [9.17, 15) is 13.2 Å². The third-order valence-corrected chi connectivity index (χ3v) is 4.64. The van der Waals surface area contributed by atoms with Crippen LogP contribution in [0.5, 0.6) is 0 Å². The zero-order valence-corrected chi connectivity index (χ0v) is 14.7. The average Bonchev–Trinajstić information content (AvgIpc) is 2.48. The summed E-state index contributed by atoms with van der Waals surface area (Å²) in [5.41, 5.74) is 1.29. The van der Waals surface area contributed by atoms with Crippen LogP contribution in [0.3, 0.4) is 0 Å². The van der Waals surface area contributed by atoms with E-state index in [1.807, 2.05) is 11.8 Å². The van der Waals surface area contributed by atoms with Crippen LogP contribution in [0.4, 0.5) is 11.4 Å². The van der Waals surface area contributed by atoms with E-state index in [2.05, 4.69) is 17.0 Å². The number of hydrogen-bond acceptors (Lipinski definition) is 4. The summed E-state index contributed by atoms with van der Waals surface area (Å²) < 4.78 is 24.8. The molecule has 6 nitrogen and oxygen atoms in total. The fourth-order valence-corrected chi connectivity index (χ4v) is 3.23. The maximum atomic E-state index is 12.4. The van der Waals surface area contributed by atoms with E-state index in [0.29, 0.717) is 11.6 Å². The largest absolute Gasteiger partial charge is 0.374 e. The molecule has 23 heavy (non-hydrogen) atoms. The van der Waals surface area contributed by atoms with Gasteiger partial charge in [0.2, 0.25) is 15.9 Å². The molecule has 1 amide bonds. The Morgan fingerprint density at radius 2 is 1.70 bits per heavy atom. The van der Waals surface area contributed by atoms with Crippen LogP contribution in [0.2, 0.25) is 0 Å². The van der Waals surface area contributed by atoms with Gasteiger partial charge in [-0.2, -0.15) is 0 Å². The Kier molecular flexibility index (Phi) is 5.51. The minimum Gasteiger partial charge on any atom is -0.374 e. The van der Waals surface area contributed by atoms with Crippen molar-refractivity contribution >= 4 is 27.3 Å². The molecule has 0 aromatic heterocycles. The minimum absolute atomic E-state index is 0.107. The van der Waals surface area contributed by atoms with Gasteiger partial charge in [-0.25, -0.2) is 8.42 Å². The molecule has 1 aromatic rings. The number of rotatable bonds is 5. The quantitative estimate of drug-likeness (QED) is 0.861. The van der Waals surface area contributed by atoms with Gasteiger partial charge < -0.3 is 10.2 Å². The number of nitrogens with zero attached hydrogens (tertiary/aromatic N) is 1. The molecule has 0 aliphatic carbocycles. The molecule has 2 rings (SSSR count). The lowest BCUT2D eigenvalue weighted by Crippen LogP contribution is -2.45. The number of benzene rings is 1. The molecule has 1 aromatic carbocycles. The third kappa shape index (κ3) is 5.42. The highest BCUT2D eigenvalue weighted by Gasteiger charge is 2.24. The van der Waals surface area contributed by atoms with Gasteiger partial charge in [-0.15, -0.1) is 0 Å². The summed E-state index contributed by atoms with van der Waals surface area (Å²) in [5, 5.41) is 3.17. The number of anilines is 2. The Labute approximate surface area is 138 Å². The SMILES string of the molecule is CC1CCN(C(=O)[C@H](C)Nc2ccc(NS(C)(=O)=O)cc2)CC1. The van der Waals surface area contributed by atoms with Crippen molar-refractivity contribution in [2.24, 2.45) is 5.92 Å². The van der Waals surface area contributed by atoms with Crippen molar-refractivity contribution in [3.8, 4) is 0 Å². The lowest BCUT2D eigenvalue weighted by molar-refractivity contribution is -0.132. The molecule has 2 N–H and O–H groups in total. The van der Waals surface area contributed by atoms with E-state index in [0.717, 1.165) is 37.9 Å². The van der Waals surface area contributed by atoms with E-state index in [-0.39, 0.29) is 11.9 Å². The number of likely N-dealkylation sites (tertiary alicyclic amines) is 1. The van der Waals surface area contributed by atoms with Gasteiger partial charge in [0.25, 0.3) is 0 Å². The molecular formula is C16H25N3O3S. The first-order chi connectivity index (χ1) is 10.7. The van der Waals surface area contributed by atoms with Gasteiger partial charge in [-0.05, 0) is 49.9 Å². The van der Waals surface area contributed by atoms with Crippen molar-refractivity contribution in [3.05, 3.63) is 24.3 Å². The second-order valence-electron chi connectivity index (χ2n) is 6.33. The van der Waals surface area contributed by atoms with Crippen molar-refractivity contribution in [2.45, 2.75) is 32.7 Å². The lowest BCUT2D eigenvalue weighted by atomic mass is 9.99. The first-order valence-electron chi connectivity index (χ1n) is 7.88. The minimum atomic E-state index is -3.28. The average molecular weight is 339 g/mol. The second kappa shape index (κ2) is 7.21. The Balaban J connectivity index is 1.92. The zero-order valence-electron chi connectivity index (χ0n) is 13.9. The number of carbonyl (C=O) groups excluding carboxylic acids is 1. The van der Waals surface area contributed by atoms with Gasteiger partial charge in [0.15, 0.2) is 0 Å². The van der Waals surface area contributed by atoms with Crippen LogP contribution in [0.25, 0.3) is 0 Å². The summed E-state index contributed by atoms with van der Waals surface area (Å²) in [7, 11) is -3.28. The van der Waals surface area contributed by atoms with Crippen LogP contribution in [0.1, 0.15) is 26.7 Å². The number of carbonyl (C=O) groups is 1. The van der Waals surface area contributed by atoms with E-state index < -0.39 is 10.0 Å². The number of sulfonamides is 1. The number of hydrogen-bond donors (Lipinski definition) is 2. The van der Waals surface area contributed by atoms with Crippen molar-refractivity contribution in [1.29, 1.82) is 0 Å². The monoisotopic (exact) mass is 339 g/mol. The Morgan fingerprint density at radius 1 is 1.17 bits per heavy atom. The Hall–Kier alpha value is -1.76. The summed E-state index contributed by atoms with van der Waals surface area (Å²) in [6.45, 7) is 5.71. The smallest absolute Gasteiger partial charge is 0.244 e. The van der Waals surface area contributed by atoms with Gasteiger partial charge >= 0.3 is 0 Å². The van der Waals surface area contributed by atoms with Crippen LogP contribution in [-0.4, -0.2) is 44.6 Å². The van der Waals surface area contributed by atoms with E-state index in [1.54, 1.807) is 24.3 Å². The van der Waals surface area contributed by atoms with Gasteiger partial charge in [0.1, 0.15) is 6.04 Å². The molecule has 7 heteroatoms. The lowest BCUT2D eigenvalue weighted by Gasteiger charge is -2.32. The molecule has 1 atom stereocenters. The fraction of sp³-hybridized carbons (Fsp3) is 0.562. The van der Waals surface area contributed by atoms with E-state index in [4.69, 9.17) is 0 Å². The summed E-state index contributed by atoms with van der Waals surface area (Å²) >= 11 is 0. The van der Waals surface area contributed by atoms with Gasteiger partial charge in [-0.1, -0.05) is 6.92 Å². The molecular weight excluding hydrogens is 314 g/mol. The third-order valence-electron chi connectivity index (χ3n) is 4.04. The highest BCUT2D eigenvalue weighted by Crippen LogP contribution is 2.19. The molecule has 1 heterocycles. The van der Waals surface area contributed by atoms with E-state index in [1.165, 1.54) is 0 Å². The predicted molar refractivity (Wildman–Crippen MR) is 93.0 cm³/mol. The molecule has 1 saturated heterocycles. The van der Waals surface area contributed by atoms with Crippen LogP contribution in [0, 0.1) is 5.92 Å². The highest BCUT2D eigenvalue weighted by atomic mass is 32.2. The predicted octanol–water partition coefficient (Wildman–Crippen LogP) is 2.12. The standard InChI is InChI=1S/C16H25N3O3S/c1-12-8-10-19(11-9-12)16(20)13(2)17-14-4-6-15(7-5-14)18-23(3,21)22/h4-7,12-13,17-18H,8-11H2,1-3H3/t13-/m0/s1. The van der Waals surface area contributed by atoms with Crippen molar-refractivity contribution in [1.82, 2.24) is 4.90 Å². The summed E-state index contributed by atoms with van der Waals surface area (Å²) in [6.07, 6.45) is 3.23. The Bertz CT molecular complexity index is 635. The normalized spacial score (nSPS) is 17.6. The molecule has 1 fully saturated rings. The molecule has 0 unspecified atom stereocenters. The van der Waals surface area contributed by atoms with Crippen molar-refractivity contribution in [3.63, 3.8) is 0 Å². The molecule has 0 bridgehead atoms. The number of amides is 1. The maximum Gasteiger partial charge on any atom is 0.244 e. The summed E-state index contributed by atoms with van der Waals surface area (Å²) in [6, 6.07) is 6.55. The Morgan fingerprint density at radius 3 is 2.22 bits per heavy atom. The summed E-state index contributed by atoms with van der Waals surface area (Å²) in [4.78, 5) is 14.3. The van der Waals surface area contributed by atoms with Crippen LogP contribution >= 0.6 is 0 Å². The first-order valence-corrected chi connectivity index (χ1v) is 9.77. The van der Waals surface area contributed by atoms with E-state index >= 15 is 0 Å². The second-order valence-corrected chi connectivity index (χ2v) is 8.07. The topological polar surface area (TPSA) is 78.5 Å². The van der Waals surface area contributed by atoms with Crippen molar-refractivity contribution < 1.29 is 13.2 Å². The first kappa shape index (κ1) is 17.6. The molecule has 128 valence electrons. The van der Waals surface area contributed by atoms with Gasteiger partial charge in [-0.3, -0.25) is 9.52 Å². The number of nitrogens with one attached hydrogen (secondary N) is 2. The van der Waals surface area contributed by atoms with Crippen molar-refractivity contribution in [2.75, 3.05) is 29.4 Å². The number of piperidine rings is 1. The van der Waals surface area contributed by atoms with Crippen LogP contribution < -0.4 is 10.0 Å². The molecule has 1 aliphatic rings. The molecule has 0 radical (unpaired) electrons. The maximum absolute atomic E-state index is 12.4.